The van der Waals surface area contributed by atoms with Gasteiger partial charge in [-0.25, -0.2) is 0 Å². The first-order chi connectivity index (χ1) is 7.10. The van der Waals surface area contributed by atoms with Crippen LogP contribution in [-0.2, 0) is 4.43 Å². The van der Waals surface area contributed by atoms with E-state index >= 15 is 0 Å². The van der Waals surface area contributed by atoms with E-state index in [1.54, 1.807) is 0 Å². The molecule has 0 saturated carbocycles. The number of allylic oxidation sites excluding steroid dienone is 1. The van der Waals surface area contributed by atoms with Gasteiger partial charge in [0.15, 0.2) is 8.32 Å². The second-order valence-corrected chi connectivity index (χ2v) is 10.9. The molecule has 0 aliphatic carbocycles. The maximum atomic E-state index is 9.06. The first-order valence-electron chi connectivity index (χ1n) is 6.04. The van der Waals surface area contributed by atoms with Crippen molar-refractivity contribution in [3.63, 3.8) is 0 Å². The highest BCUT2D eigenvalue weighted by Gasteiger charge is 2.38. The first kappa shape index (κ1) is 15.9. The van der Waals surface area contributed by atoms with Crippen LogP contribution in [0.1, 0.15) is 41.0 Å². The zero-order valence-electron chi connectivity index (χ0n) is 11.9. The summed E-state index contributed by atoms with van der Waals surface area (Å²) in [5.41, 5.74) is 1.25. The number of aliphatic hydroxyl groups is 1. The van der Waals surface area contributed by atoms with Gasteiger partial charge < -0.3 is 9.53 Å². The number of aliphatic hydroxyl groups excluding tert-OH is 1. The fourth-order valence-corrected chi connectivity index (χ4v) is 2.53. The SMILES string of the molecule is CC(C)=CC(CCO)O[Si](C)(C)C(C)(C)C. The Bertz CT molecular complexity index is 235. The van der Waals surface area contributed by atoms with E-state index in [9.17, 15) is 0 Å². The van der Waals surface area contributed by atoms with Crippen molar-refractivity contribution in [1.82, 2.24) is 0 Å². The third-order valence-corrected chi connectivity index (χ3v) is 7.69. The minimum atomic E-state index is -1.73. The van der Waals surface area contributed by atoms with E-state index in [4.69, 9.17) is 9.53 Å². The maximum absolute atomic E-state index is 9.06. The summed E-state index contributed by atoms with van der Waals surface area (Å²) in [6, 6.07) is 0. The van der Waals surface area contributed by atoms with Crippen LogP contribution in [0.3, 0.4) is 0 Å². The summed E-state index contributed by atoms with van der Waals surface area (Å²) >= 11 is 0. The Morgan fingerprint density at radius 1 is 1.31 bits per heavy atom. The molecule has 0 heterocycles. The Morgan fingerprint density at radius 2 is 1.81 bits per heavy atom. The van der Waals surface area contributed by atoms with Gasteiger partial charge in [0.1, 0.15) is 0 Å². The van der Waals surface area contributed by atoms with Crippen LogP contribution in [0.2, 0.25) is 18.1 Å². The molecule has 0 amide bonds. The number of hydrogen-bond donors (Lipinski definition) is 1. The summed E-state index contributed by atoms with van der Waals surface area (Å²) < 4.78 is 6.26. The molecule has 0 bridgehead atoms. The topological polar surface area (TPSA) is 29.5 Å². The van der Waals surface area contributed by atoms with Crippen molar-refractivity contribution in [2.24, 2.45) is 0 Å². The Morgan fingerprint density at radius 3 is 2.12 bits per heavy atom. The second kappa shape index (κ2) is 5.99. The van der Waals surface area contributed by atoms with Crippen LogP contribution in [0, 0.1) is 0 Å². The van der Waals surface area contributed by atoms with Gasteiger partial charge in [0.05, 0.1) is 6.10 Å². The zero-order valence-corrected chi connectivity index (χ0v) is 12.9. The van der Waals surface area contributed by atoms with Gasteiger partial charge in [-0.1, -0.05) is 32.4 Å². The Kier molecular flexibility index (Phi) is 5.94. The summed E-state index contributed by atoms with van der Waals surface area (Å²) in [6.45, 7) is 15.5. The van der Waals surface area contributed by atoms with Crippen LogP contribution in [0.4, 0.5) is 0 Å². The summed E-state index contributed by atoms with van der Waals surface area (Å²) in [5, 5.41) is 9.27. The average molecular weight is 244 g/mol. The van der Waals surface area contributed by atoms with Crippen molar-refractivity contribution in [2.45, 2.75) is 65.3 Å². The normalized spacial score (nSPS) is 14.8. The lowest BCUT2D eigenvalue weighted by Crippen LogP contribution is -2.43. The molecule has 3 heteroatoms. The van der Waals surface area contributed by atoms with Gasteiger partial charge >= 0.3 is 0 Å². The van der Waals surface area contributed by atoms with Crippen molar-refractivity contribution >= 4 is 8.32 Å². The molecule has 0 aliphatic heterocycles. The van der Waals surface area contributed by atoms with E-state index in [0.717, 1.165) is 0 Å². The fraction of sp³-hybridized carbons (Fsp3) is 0.846. The standard InChI is InChI=1S/C13H28O2Si/c1-11(2)10-12(8-9-14)15-16(6,7)13(3,4)5/h10,12,14H,8-9H2,1-7H3. The molecule has 2 nitrogen and oxygen atoms in total. The number of hydrogen-bond acceptors (Lipinski definition) is 2. The molecule has 0 aromatic rings. The molecule has 0 aromatic heterocycles. The van der Waals surface area contributed by atoms with E-state index in [1.807, 2.05) is 0 Å². The molecule has 1 unspecified atom stereocenters. The monoisotopic (exact) mass is 244 g/mol. The summed E-state index contributed by atoms with van der Waals surface area (Å²) in [7, 11) is -1.73. The van der Waals surface area contributed by atoms with Crippen molar-refractivity contribution in [1.29, 1.82) is 0 Å². The Labute approximate surface area is 102 Å². The van der Waals surface area contributed by atoms with Gasteiger partial charge in [-0.3, -0.25) is 0 Å². The van der Waals surface area contributed by atoms with E-state index in [1.165, 1.54) is 5.57 Å². The van der Waals surface area contributed by atoms with Gasteiger partial charge in [0.2, 0.25) is 0 Å². The van der Waals surface area contributed by atoms with E-state index in [-0.39, 0.29) is 17.7 Å². The molecule has 1 N–H and O–H groups in total. The quantitative estimate of drug-likeness (QED) is 0.590. The third-order valence-electron chi connectivity index (χ3n) is 3.19. The third kappa shape index (κ3) is 5.28. The van der Waals surface area contributed by atoms with E-state index in [0.29, 0.717) is 6.42 Å². The van der Waals surface area contributed by atoms with Crippen LogP contribution < -0.4 is 0 Å². The minimum absolute atomic E-state index is 0.0656. The lowest BCUT2D eigenvalue weighted by molar-refractivity contribution is 0.174. The molecular formula is C13H28O2Si. The molecule has 0 saturated heterocycles. The van der Waals surface area contributed by atoms with Crippen LogP contribution in [-0.4, -0.2) is 26.1 Å². The largest absolute Gasteiger partial charge is 0.410 e. The van der Waals surface area contributed by atoms with Crippen LogP contribution in [0.25, 0.3) is 0 Å². The van der Waals surface area contributed by atoms with Gasteiger partial charge in [0.25, 0.3) is 0 Å². The highest BCUT2D eigenvalue weighted by atomic mass is 28.4. The molecular weight excluding hydrogens is 216 g/mol. The van der Waals surface area contributed by atoms with Gasteiger partial charge in [-0.2, -0.15) is 0 Å². The maximum Gasteiger partial charge on any atom is 0.192 e. The number of rotatable bonds is 5. The lowest BCUT2D eigenvalue weighted by Gasteiger charge is -2.38. The van der Waals surface area contributed by atoms with E-state index in [2.05, 4.69) is 53.8 Å². The molecule has 96 valence electrons. The molecule has 0 aliphatic rings. The summed E-state index contributed by atoms with van der Waals surface area (Å²) in [5.74, 6) is 0. The molecule has 1 atom stereocenters. The van der Waals surface area contributed by atoms with Gasteiger partial charge in [-0.05, 0) is 38.4 Å². The van der Waals surface area contributed by atoms with E-state index < -0.39 is 8.32 Å². The zero-order chi connectivity index (χ0) is 13.0. The molecule has 0 fully saturated rings. The van der Waals surface area contributed by atoms with Crippen molar-refractivity contribution in [2.75, 3.05) is 6.61 Å². The first-order valence-corrected chi connectivity index (χ1v) is 8.94. The van der Waals surface area contributed by atoms with Crippen molar-refractivity contribution in [3.05, 3.63) is 11.6 Å². The average Bonchev–Trinajstić information content (AvgIpc) is 1.99. The molecule has 0 radical (unpaired) electrons. The molecule has 16 heavy (non-hydrogen) atoms. The predicted molar refractivity (Wildman–Crippen MR) is 73.2 cm³/mol. The van der Waals surface area contributed by atoms with Crippen molar-refractivity contribution < 1.29 is 9.53 Å². The molecule has 0 spiro atoms. The van der Waals surface area contributed by atoms with Gasteiger partial charge in [-0.15, -0.1) is 0 Å². The molecule has 0 rings (SSSR count). The molecule has 0 aromatic carbocycles. The predicted octanol–water partition coefficient (Wildman–Crippen LogP) is 3.73. The van der Waals surface area contributed by atoms with Crippen LogP contribution in [0.15, 0.2) is 11.6 Å². The Balaban J connectivity index is 4.69. The van der Waals surface area contributed by atoms with Crippen molar-refractivity contribution in [3.8, 4) is 0 Å². The highest BCUT2D eigenvalue weighted by Crippen LogP contribution is 2.37. The smallest absolute Gasteiger partial charge is 0.192 e. The minimum Gasteiger partial charge on any atom is -0.410 e. The van der Waals surface area contributed by atoms with Gasteiger partial charge in [0, 0.05) is 6.61 Å². The summed E-state index contributed by atoms with van der Waals surface area (Å²) in [6.07, 6.45) is 2.88. The highest BCUT2D eigenvalue weighted by molar-refractivity contribution is 6.74. The van der Waals surface area contributed by atoms with Crippen LogP contribution in [0.5, 0.6) is 0 Å². The fourth-order valence-electron chi connectivity index (χ4n) is 1.23. The second-order valence-electron chi connectivity index (χ2n) is 6.17. The lowest BCUT2D eigenvalue weighted by atomic mass is 10.2. The van der Waals surface area contributed by atoms with Crippen LogP contribution >= 0.6 is 0 Å². The Hall–Kier alpha value is -0.123. The summed E-state index contributed by atoms with van der Waals surface area (Å²) in [4.78, 5) is 0.